The molecule has 0 spiro atoms. The standard InChI is InChI=1S/C12H10N4OS/c17-12(16-6-10-5-13-7-18-10)9-3-8-1-2-14-11(8)15-4-9/h1-5,7H,6H2,(H,14,15)(H,16,17). The van der Waals surface area contributed by atoms with Crippen LogP contribution >= 0.6 is 11.3 Å². The fraction of sp³-hybridized carbons (Fsp3) is 0.0833. The minimum atomic E-state index is -0.126. The molecule has 2 N–H and O–H groups in total. The highest BCUT2D eigenvalue weighted by molar-refractivity contribution is 7.09. The lowest BCUT2D eigenvalue weighted by Crippen LogP contribution is -2.22. The van der Waals surface area contributed by atoms with Crippen molar-refractivity contribution in [3.63, 3.8) is 0 Å². The molecule has 0 saturated carbocycles. The second kappa shape index (κ2) is 4.58. The van der Waals surface area contributed by atoms with Gasteiger partial charge in [0.05, 0.1) is 17.6 Å². The van der Waals surface area contributed by atoms with Crippen LogP contribution in [0, 0.1) is 0 Å². The zero-order valence-corrected chi connectivity index (χ0v) is 10.2. The summed E-state index contributed by atoms with van der Waals surface area (Å²) in [6.45, 7) is 0.495. The minimum absolute atomic E-state index is 0.126. The Morgan fingerprint density at radius 3 is 3.22 bits per heavy atom. The number of carbonyl (C=O) groups is 1. The summed E-state index contributed by atoms with van der Waals surface area (Å²) in [6.07, 6.45) is 5.12. The van der Waals surface area contributed by atoms with Crippen molar-refractivity contribution in [3.05, 3.63) is 46.7 Å². The van der Waals surface area contributed by atoms with E-state index in [0.717, 1.165) is 15.9 Å². The highest BCUT2D eigenvalue weighted by Crippen LogP contribution is 2.11. The number of hydrogen-bond donors (Lipinski definition) is 2. The number of pyridine rings is 1. The first-order chi connectivity index (χ1) is 8.83. The number of aromatic nitrogens is 3. The van der Waals surface area contributed by atoms with E-state index in [1.807, 2.05) is 12.1 Å². The molecule has 0 bridgehead atoms. The van der Waals surface area contributed by atoms with Crippen LogP contribution in [0.1, 0.15) is 15.2 Å². The highest BCUT2D eigenvalue weighted by atomic mass is 32.1. The Hall–Kier alpha value is -2.21. The summed E-state index contributed by atoms with van der Waals surface area (Å²) in [5.74, 6) is -0.126. The van der Waals surface area contributed by atoms with Crippen molar-refractivity contribution < 1.29 is 4.79 Å². The lowest BCUT2D eigenvalue weighted by molar-refractivity contribution is 0.0951. The number of rotatable bonds is 3. The quantitative estimate of drug-likeness (QED) is 0.754. The maximum absolute atomic E-state index is 11.9. The molecular formula is C12H10N4OS. The molecule has 0 aromatic carbocycles. The molecule has 0 radical (unpaired) electrons. The van der Waals surface area contributed by atoms with Gasteiger partial charge in [-0.25, -0.2) is 4.98 Å². The first-order valence-corrected chi connectivity index (χ1v) is 6.29. The van der Waals surface area contributed by atoms with Gasteiger partial charge < -0.3 is 10.3 Å². The number of nitrogens with one attached hydrogen (secondary N) is 2. The van der Waals surface area contributed by atoms with Crippen LogP contribution in [0.2, 0.25) is 0 Å². The predicted molar refractivity (Wildman–Crippen MR) is 69.4 cm³/mol. The van der Waals surface area contributed by atoms with Crippen molar-refractivity contribution in [1.29, 1.82) is 0 Å². The van der Waals surface area contributed by atoms with Crippen molar-refractivity contribution >= 4 is 28.3 Å². The minimum Gasteiger partial charge on any atom is -0.347 e. The number of H-pyrrole nitrogens is 1. The van der Waals surface area contributed by atoms with Gasteiger partial charge in [-0.2, -0.15) is 0 Å². The molecule has 1 amide bonds. The van der Waals surface area contributed by atoms with Gasteiger partial charge in [-0.1, -0.05) is 0 Å². The fourth-order valence-corrected chi connectivity index (χ4v) is 2.20. The van der Waals surface area contributed by atoms with Gasteiger partial charge in [0.15, 0.2) is 0 Å². The zero-order chi connectivity index (χ0) is 12.4. The molecular weight excluding hydrogens is 248 g/mol. The largest absolute Gasteiger partial charge is 0.347 e. The van der Waals surface area contributed by atoms with Gasteiger partial charge in [-0.15, -0.1) is 11.3 Å². The molecule has 90 valence electrons. The molecule has 0 unspecified atom stereocenters. The van der Waals surface area contributed by atoms with E-state index < -0.39 is 0 Å². The number of fused-ring (bicyclic) bond motifs is 1. The molecule has 0 fully saturated rings. The van der Waals surface area contributed by atoms with Crippen molar-refractivity contribution in [2.75, 3.05) is 0 Å². The third-order valence-electron chi connectivity index (χ3n) is 2.57. The van der Waals surface area contributed by atoms with E-state index in [1.54, 1.807) is 24.1 Å². The average Bonchev–Trinajstić information content (AvgIpc) is 3.05. The number of amides is 1. The Labute approximate surface area is 107 Å². The van der Waals surface area contributed by atoms with Crippen molar-refractivity contribution in [2.45, 2.75) is 6.54 Å². The monoisotopic (exact) mass is 258 g/mol. The van der Waals surface area contributed by atoms with E-state index in [9.17, 15) is 4.79 Å². The van der Waals surface area contributed by atoms with Gasteiger partial charge in [0.25, 0.3) is 5.91 Å². The van der Waals surface area contributed by atoms with Crippen LogP contribution in [0.3, 0.4) is 0 Å². The maximum atomic E-state index is 11.9. The molecule has 3 rings (SSSR count). The maximum Gasteiger partial charge on any atom is 0.253 e. The third kappa shape index (κ3) is 2.10. The average molecular weight is 258 g/mol. The third-order valence-corrected chi connectivity index (χ3v) is 3.35. The van der Waals surface area contributed by atoms with Gasteiger partial charge in [0, 0.05) is 28.9 Å². The summed E-state index contributed by atoms with van der Waals surface area (Å²) in [5.41, 5.74) is 3.09. The molecule has 3 aromatic heterocycles. The first kappa shape index (κ1) is 10.9. The van der Waals surface area contributed by atoms with Crippen LogP contribution in [0.5, 0.6) is 0 Å². The lowest BCUT2D eigenvalue weighted by Gasteiger charge is -2.03. The molecule has 18 heavy (non-hydrogen) atoms. The lowest BCUT2D eigenvalue weighted by atomic mass is 10.2. The van der Waals surface area contributed by atoms with Crippen molar-refractivity contribution in [1.82, 2.24) is 20.3 Å². The number of carbonyl (C=O) groups excluding carboxylic acids is 1. The summed E-state index contributed by atoms with van der Waals surface area (Å²) in [6, 6.07) is 3.71. The number of thiazole rings is 1. The normalized spacial score (nSPS) is 10.7. The topological polar surface area (TPSA) is 70.7 Å². The number of hydrogen-bond acceptors (Lipinski definition) is 4. The zero-order valence-electron chi connectivity index (χ0n) is 9.38. The molecule has 5 nitrogen and oxygen atoms in total. The van der Waals surface area contributed by atoms with Crippen LogP contribution in [0.15, 0.2) is 36.2 Å². The van der Waals surface area contributed by atoms with Crippen LogP contribution in [-0.4, -0.2) is 20.9 Å². The van der Waals surface area contributed by atoms with E-state index >= 15 is 0 Å². The summed E-state index contributed by atoms with van der Waals surface area (Å²) in [4.78, 5) is 24.1. The molecule has 0 aliphatic carbocycles. The van der Waals surface area contributed by atoms with E-state index in [0.29, 0.717) is 12.1 Å². The molecule has 6 heteroatoms. The van der Waals surface area contributed by atoms with Crippen LogP contribution in [0.25, 0.3) is 11.0 Å². The highest BCUT2D eigenvalue weighted by Gasteiger charge is 2.07. The molecule has 0 aliphatic rings. The van der Waals surface area contributed by atoms with Gasteiger partial charge in [0.1, 0.15) is 5.65 Å². The molecule has 3 heterocycles. The smallest absolute Gasteiger partial charge is 0.253 e. The van der Waals surface area contributed by atoms with Crippen molar-refractivity contribution in [3.8, 4) is 0 Å². The second-order valence-corrected chi connectivity index (χ2v) is 4.76. The summed E-state index contributed by atoms with van der Waals surface area (Å²) < 4.78 is 0. The molecule has 0 saturated heterocycles. The second-order valence-electron chi connectivity index (χ2n) is 3.79. The van der Waals surface area contributed by atoms with E-state index in [2.05, 4.69) is 20.3 Å². The van der Waals surface area contributed by atoms with Crippen LogP contribution in [0.4, 0.5) is 0 Å². The Bertz CT molecular complexity index is 674. The van der Waals surface area contributed by atoms with Crippen LogP contribution < -0.4 is 5.32 Å². The summed E-state index contributed by atoms with van der Waals surface area (Å²) >= 11 is 1.52. The van der Waals surface area contributed by atoms with Gasteiger partial charge in [-0.3, -0.25) is 9.78 Å². The SMILES string of the molecule is O=C(NCc1cncs1)c1cnc2[nH]ccc2c1. The Morgan fingerprint density at radius 2 is 2.39 bits per heavy atom. The van der Waals surface area contributed by atoms with Gasteiger partial charge in [-0.05, 0) is 12.1 Å². The molecule has 3 aromatic rings. The Kier molecular flexibility index (Phi) is 2.77. The van der Waals surface area contributed by atoms with Gasteiger partial charge >= 0.3 is 0 Å². The Balaban J connectivity index is 1.75. The predicted octanol–water partition coefficient (Wildman–Crippen LogP) is 1.95. The number of nitrogens with zero attached hydrogens (tertiary/aromatic N) is 2. The van der Waals surface area contributed by atoms with E-state index in [4.69, 9.17) is 0 Å². The molecule has 0 atom stereocenters. The van der Waals surface area contributed by atoms with E-state index in [-0.39, 0.29) is 5.91 Å². The first-order valence-electron chi connectivity index (χ1n) is 5.41. The number of aromatic amines is 1. The fourth-order valence-electron chi connectivity index (χ4n) is 1.66. The van der Waals surface area contributed by atoms with Crippen molar-refractivity contribution in [2.24, 2.45) is 0 Å². The van der Waals surface area contributed by atoms with E-state index in [1.165, 1.54) is 11.3 Å². The summed E-state index contributed by atoms with van der Waals surface area (Å²) in [5, 5.41) is 3.77. The Morgan fingerprint density at radius 1 is 1.44 bits per heavy atom. The van der Waals surface area contributed by atoms with Gasteiger partial charge in [0.2, 0.25) is 0 Å². The van der Waals surface area contributed by atoms with Crippen LogP contribution in [-0.2, 0) is 6.54 Å². The summed E-state index contributed by atoms with van der Waals surface area (Å²) in [7, 11) is 0. The molecule has 0 aliphatic heterocycles.